The minimum Gasteiger partial charge on any atom is -0.483 e. The quantitative estimate of drug-likeness (QED) is 0.232. The van der Waals surface area contributed by atoms with E-state index in [-0.39, 0.29) is 16.7 Å². The highest BCUT2D eigenvalue weighted by Crippen LogP contribution is 2.34. The van der Waals surface area contributed by atoms with Crippen LogP contribution >= 0.6 is 0 Å². The molecule has 1 aromatic heterocycles. The lowest BCUT2D eigenvalue weighted by Gasteiger charge is -2.13. The maximum absolute atomic E-state index is 12.7. The van der Waals surface area contributed by atoms with Crippen LogP contribution in [0.1, 0.15) is 28.0 Å². The summed E-state index contributed by atoms with van der Waals surface area (Å²) in [5, 5.41) is 20.3. The van der Waals surface area contributed by atoms with Gasteiger partial charge in [-0.05, 0) is 24.6 Å². The molecular formula is C24H23N3O8. The van der Waals surface area contributed by atoms with Gasteiger partial charge in [0.2, 0.25) is 0 Å². The van der Waals surface area contributed by atoms with Gasteiger partial charge in [-0.1, -0.05) is 36.4 Å². The first-order chi connectivity index (χ1) is 16.6. The van der Waals surface area contributed by atoms with E-state index in [9.17, 15) is 24.0 Å². The third-order valence-electron chi connectivity index (χ3n) is 5.32. The van der Waals surface area contributed by atoms with E-state index in [1.54, 1.807) is 19.1 Å². The molecule has 1 unspecified atom stereocenters. The average Bonchev–Trinajstić information content (AvgIpc) is 3.08. The number of aliphatic carboxylic acids is 2. The summed E-state index contributed by atoms with van der Waals surface area (Å²) in [6.45, 7) is 1.39. The molecule has 3 rings (SSSR count). The summed E-state index contributed by atoms with van der Waals surface area (Å²) < 4.78 is 7.41. The van der Waals surface area contributed by atoms with E-state index >= 15 is 0 Å². The monoisotopic (exact) mass is 481 g/mol. The molecule has 0 saturated carbocycles. The highest BCUT2D eigenvalue weighted by molar-refractivity contribution is 6.45. The van der Waals surface area contributed by atoms with Gasteiger partial charge in [-0.3, -0.25) is 19.2 Å². The second-order valence-corrected chi connectivity index (χ2v) is 7.72. The molecule has 0 fully saturated rings. The Morgan fingerprint density at radius 1 is 1.03 bits per heavy atom. The van der Waals surface area contributed by atoms with Crippen molar-refractivity contribution in [1.29, 1.82) is 0 Å². The van der Waals surface area contributed by atoms with Gasteiger partial charge in [0.25, 0.3) is 17.6 Å². The van der Waals surface area contributed by atoms with Gasteiger partial charge in [-0.25, -0.2) is 4.79 Å². The number of Topliss-reactive ketones (excluding diaryl/α,β-unsaturated/α-hetero) is 1. The summed E-state index contributed by atoms with van der Waals surface area (Å²) in [5.41, 5.74) is 7.29. The number of aromatic nitrogens is 1. The number of ether oxygens (including phenoxy) is 1. The SMILES string of the molecule is Cc1c(C(=O)C(N)=O)c2c(OCC(=O)NC(CC(=O)O)C(=O)O)cccc2n1Cc1ccccc1. The molecule has 3 aromatic rings. The molecule has 5 N–H and O–H groups in total. The number of rotatable bonds is 11. The third-order valence-corrected chi connectivity index (χ3v) is 5.32. The molecule has 11 nitrogen and oxygen atoms in total. The molecule has 0 radical (unpaired) electrons. The fourth-order valence-corrected chi connectivity index (χ4v) is 3.74. The first kappa shape index (κ1) is 25.0. The number of benzene rings is 2. The van der Waals surface area contributed by atoms with Gasteiger partial charge in [0.1, 0.15) is 11.8 Å². The Morgan fingerprint density at radius 2 is 1.71 bits per heavy atom. The number of carboxylic acid groups (broad SMARTS) is 2. The summed E-state index contributed by atoms with van der Waals surface area (Å²) in [6.07, 6.45) is -0.810. The number of ketones is 1. The van der Waals surface area contributed by atoms with Crippen molar-refractivity contribution in [1.82, 2.24) is 9.88 Å². The predicted octanol–water partition coefficient (Wildman–Crippen LogP) is 1.09. The molecule has 1 heterocycles. The minimum absolute atomic E-state index is 0.0359. The minimum atomic E-state index is -1.64. The molecule has 2 amide bonds. The van der Waals surface area contributed by atoms with Crippen LogP contribution in [-0.4, -0.2) is 57.0 Å². The maximum Gasteiger partial charge on any atom is 0.326 e. The second kappa shape index (κ2) is 10.5. The van der Waals surface area contributed by atoms with E-state index in [1.807, 2.05) is 34.9 Å². The highest BCUT2D eigenvalue weighted by Gasteiger charge is 2.27. The number of primary amides is 1. The van der Waals surface area contributed by atoms with Crippen LogP contribution in [0.25, 0.3) is 10.9 Å². The molecule has 0 saturated heterocycles. The Labute approximate surface area is 199 Å². The van der Waals surface area contributed by atoms with Crippen molar-refractivity contribution < 1.29 is 38.9 Å². The van der Waals surface area contributed by atoms with E-state index in [1.165, 1.54) is 6.07 Å². The number of carbonyl (C=O) groups is 5. The largest absolute Gasteiger partial charge is 0.483 e. The summed E-state index contributed by atoms with van der Waals surface area (Å²) in [7, 11) is 0. The van der Waals surface area contributed by atoms with Crippen molar-refractivity contribution in [3.05, 3.63) is 65.4 Å². The lowest BCUT2D eigenvalue weighted by Crippen LogP contribution is -2.44. The zero-order chi connectivity index (χ0) is 25.7. The smallest absolute Gasteiger partial charge is 0.326 e. The third kappa shape index (κ3) is 5.64. The number of nitrogens with two attached hydrogens (primary N) is 1. The van der Waals surface area contributed by atoms with Crippen LogP contribution < -0.4 is 15.8 Å². The Kier molecular flexibility index (Phi) is 7.49. The van der Waals surface area contributed by atoms with E-state index in [2.05, 4.69) is 5.32 Å². The Morgan fingerprint density at radius 3 is 2.31 bits per heavy atom. The number of nitrogens with one attached hydrogen (secondary N) is 1. The van der Waals surface area contributed by atoms with Crippen molar-refractivity contribution in [2.45, 2.75) is 25.9 Å². The zero-order valence-electron chi connectivity index (χ0n) is 18.7. The van der Waals surface area contributed by atoms with Crippen LogP contribution in [0.4, 0.5) is 0 Å². The first-order valence-electron chi connectivity index (χ1n) is 10.5. The van der Waals surface area contributed by atoms with Crippen molar-refractivity contribution >= 4 is 40.4 Å². The molecule has 0 aliphatic carbocycles. The lowest BCUT2D eigenvalue weighted by molar-refractivity contribution is -0.147. The van der Waals surface area contributed by atoms with E-state index in [4.69, 9.17) is 20.7 Å². The van der Waals surface area contributed by atoms with Gasteiger partial charge < -0.3 is 30.6 Å². The highest BCUT2D eigenvalue weighted by atomic mass is 16.5. The Bertz CT molecular complexity index is 1310. The van der Waals surface area contributed by atoms with Gasteiger partial charge in [0.15, 0.2) is 6.61 Å². The maximum atomic E-state index is 12.7. The molecule has 0 spiro atoms. The van der Waals surface area contributed by atoms with E-state index in [0.717, 1.165) is 5.56 Å². The second-order valence-electron chi connectivity index (χ2n) is 7.72. The van der Waals surface area contributed by atoms with Crippen LogP contribution in [0, 0.1) is 6.92 Å². The number of hydrogen-bond acceptors (Lipinski definition) is 6. The standard InChI is InChI=1S/C24H23N3O8/c1-13-20(22(31)23(25)32)21-16(27(13)11-14-6-3-2-4-7-14)8-5-9-17(21)35-12-18(28)26-15(24(33)34)10-19(29)30/h2-9,15H,10-12H2,1H3,(H2,25,32)(H,26,28)(H,29,30)(H,33,34). The van der Waals surface area contributed by atoms with Gasteiger partial charge >= 0.3 is 11.9 Å². The van der Waals surface area contributed by atoms with Gasteiger partial charge in [0.05, 0.1) is 22.9 Å². The number of nitrogens with zero attached hydrogens (tertiary/aromatic N) is 1. The van der Waals surface area contributed by atoms with Crippen LogP contribution in [0.3, 0.4) is 0 Å². The molecule has 0 bridgehead atoms. The van der Waals surface area contributed by atoms with Gasteiger partial charge in [-0.2, -0.15) is 0 Å². The van der Waals surface area contributed by atoms with Gasteiger partial charge in [0, 0.05) is 12.2 Å². The number of carbonyl (C=O) groups excluding carboxylic acids is 3. The molecule has 0 aliphatic rings. The number of fused-ring (bicyclic) bond motifs is 1. The molecule has 2 aromatic carbocycles. The average molecular weight is 481 g/mol. The molecule has 11 heteroatoms. The van der Waals surface area contributed by atoms with Crippen LogP contribution in [0.15, 0.2) is 48.5 Å². The fourth-order valence-electron chi connectivity index (χ4n) is 3.74. The Balaban J connectivity index is 1.97. The summed E-state index contributed by atoms with van der Waals surface area (Å²) in [6, 6.07) is 12.6. The molecule has 0 aliphatic heterocycles. The fraction of sp³-hybridized carbons (Fsp3) is 0.208. The van der Waals surface area contributed by atoms with E-state index in [0.29, 0.717) is 17.8 Å². The molecular weight excluding hydrogens is 458 g/mol. The first-order valence-corrected chi connectivity index (χ1v) is 10.5. The van der Waals surface area contributed by atoms with Crippen molar-refractivity contribution in [2.24, 2.45) is 5.73 Å². The van der Waals surface area contributed by atoms with Gasteiger partial charge in [-0.15, -0.1) is 0 Å². The molecule has 182 valence electrons. The summed E-state index contributed by atoms with van der Waals surface area (Å²) >= 11 is 0. The van der Waals surface area contributed by atoms with Crippen molar-refractivity contribution in [3.8, 4) is 5.75 Å². The molecule has 35 heavy (non-hydrogen) atoms. The van der Waals surface area contributed by atoms with Crippen molar-refractivity contribution in [3.63, 3.8) is 0 Å². The zero-order valence-corrected chi connectivity index (χ0v) is 18.7. The summed E-state index contributed by atoms with van der Waals surface area (Å²) in [5.74, 6) is -5.76. The normalized spacial score (nSPS) is 11.6. The van der Waals surface area contributed by atoms with Crippen LogP contribution in [-0.2, 0) is 25.7 Å². The number of carboxylic acids is 2. The summed E-state index contributed by atoms with van der Waals surface area (Å²) in [4.78, 5) is 58.7. The number of hydrogen-bond donors (Lipinski definition) is 4. The van der Waals surface area contributed by atoms with Crippen LogP contribution in [0.5, 0.6) is 5.75 Å². The predicted molar refractivity (Wildman–Crippen MR) is 123 cm³/mol. The lowest BCUT2D eigenvalue weighted by atomic mass is 10.1. The topological polar surface area (TPSA) is 178 Å². The Hall–Kier alpha value is -4.67. The van der Waals surface area contributed by atoms with E-state index < -0.39 is 48.6 Å². The van der Waals surface area contributed by atoms with Crippen molar-refractivity contribution in [2.75, 3.05) is 6.61 Å². The van der Waals surface area contributed by atoms with Crippen LogP contribution in [0.2, 0.25) is 0 Å². The molecule has 1 atom stereocenters. The number of amides is 2.